The van der Waals surface area contributed by atoms with Crippen molar-refractivity contribution in [1.82, 2.24) is 10.2 Å². The van der Waals surface area contributed by atoms with Crippen molar-refractivity contribution >= 4 is 23.2 Å². The first-order chi connectivity index (χ1) is 14.1. The molecule has 6 heteroatoms. The summed E-state index contributed by atoms with van der Waals surface area (Å²) in [5, 5.41) is 5.13. The Bertz CT molecular complexity index is 859. The van der Waals surface area contributed by atoms with Crippen LogP contribution in [0.15, 0.2) is 41.8 Å². The van der Waals surface area contributed by atoms with Crippen LogP contribution in [0, 0.1) is 5.92 Å². The van der Waals surface area contributed by atoms with E-state index >= 15 is 0 Å². The average Bonchev–Trinajstić information content (AvgIpc) is 3.42. The summed E-state index contributed by atoms with van der Waals surface area (Å²) in [6, 6.07) is 11.3. The first-order valence-corrected chi connectivity index (χ1v) is 11.3. The zero-order valence-corrected chi connectivity index (χ0v) is 17.8. The fraction of sp³-hybridized carbons (Fsp3) is 0.478. The molecule has 0 spiro atoms. The second-order valence-electron chi connectivity index (χ2n) is 8.26. The molecule has 2 aliphatic rings. The molecule has 1 N–H and O–H groups in total. The van der Waals surface area contributed by atoms with Gasteiger partial charge in [0.1, 0.15) is 0 Å². The molecular formula is C23H28N2O3S. The second kappa shape index (κ2) is 8.67. The van der Waals surface area contributed by atoms with Gasteiger partial charge in [0.05, 0.1) is 18.1 Å². The maximum atomic E-state index is 13.5. The van der Waals surface area contributed by atoms with Crippen LogP contribution >= 0.6 is 11.3 Å². The van der Waals surface area contributed by atoms with Crippen LogP contribution in [0.1, 0.15) is 59.4 Å². The smallest absolute Gasteiger partial charge is 0.254 e. The molecule has 1 aromatic heterocycles. The largest absolute Gasteiger partial charge is 0.376 e. The zero-order valence-electron chi connectivity index (χ0n) is 17.0. The van der Waals surface area contributed by atoms with Crippen LogP contribution < -0.4 is 5.32 Å². The molecule has 2 amide bonds. The van der Waals surface area contributed by atoms with E-state index in [1.165, 1.54) is 0 Å². The Hall–Kier alpha value is -2.18. The number of carbonyl (C=O) groups is 2. The van der Waals surface area contributed by atoms with E-state index in [0.29, 0.717) is 24.6 Å². The lowest BCUT2D eigenvalue weighted by molar-refractivity contribution is -0.124. The average molecular weight is 413 g/mol. The van der Waals surface area contributed by atoms with E-state index in [1.807, 2.05) is 46.7 Å². The highest BCUT2D eigenvalue weighted by molar-refractivity contribution is 7.10. The molecule has 1 aromatic carbocycles. The molecule has 5 nitrogen and oxygen atoms in total. The van der Waals surface area contributed by atoms with Gasteiger partial charge >= 0.3 is 0 Å². The van der Waals surface area contributed by atoms with E-state index in [2.05, 4.69) is 19.2 Å². The van der Waals surface area contributed by atoms with Crippen LogP contribution in [-0.2, 0) is 9.53 Å². The number of nitrogens with zero attached hydrogens (tertiary/aromatic N) is 1. The van der Waals surface area contributed by atoms with E-state index in [4.69, 9.17) is 4.74 Å². The highest BCUT2D eigenvalue weighted by atomic mass is 32.1. The summed E-state index contributed by atoms with van der Waals surface area (Å²) < 4.78 is 5.67. The Morgan fingerprint density at radius 3 is 2.79 bits per heavy atom. The van der Waals surface area contributed by atoms with Crippen LogP contribution in [0.5, 0.6) is 0 Å². The number of benzene rings is 1. The molecule has 3 atom stereocenters. The highest BCUT2D eigenvalue weighted by Gasteiger charge is 2.44. The lowest BCUT2D eigenvalue weighted by Gasteiger charge is -2.42. The highest BCUT2D eigenvalue weighted by Crippen LogP contribution is 2.44. The summed E-state index contributed by atoms with van der Waals surface area (Å²) in [5.74, 6) is -0.145. The quantitative estimate of drug-likeness (QED) is 0.781. The van der Waals surface area contributed by atoms with E-state index in [0.717, 1.165) is 29.9 Å². The van der Waals surface area contributed by atoms with Gasteiger partial charge < -0.3 is 15.0 Å². The number of hydrogen-bond acceptors (Lipinski definition) is 4. The van der Waals surface area contributed by atoms with Gasteiger partial charge in [-0.1, -0.05) is 38.1 Å². The fourth-order valence-electron chi connectivity index (χ4n) is 4.38. The Morgan fingerprint density at radius 2 is 2.10 bits per heavy atom. The topological polar surface area (TPSA) is 58.6 Å². The molecule has 2 aromatic rings. The van der Waals surface area contributed by atoms with Gasteiger partial charge in [-0.2, -0.15) is 0 Å². The molecule has 29 heavy (non-hydrogen) atoms. The van der Waals surface area contributed by atoms with Gasteiger partial charge in [-0.25, -0.2) is 0 Å². The lowest BCUT2D eigenvalue weighted by Crippen LogP contribution is -2.49. The normalized spacial score (nSPS) is 24.0. The maximum absolute atomic E-state index is 13.5. The first kappa shape index (κ1) is 20.1. The molecule has 3 heterocycles. The minimum absolute atomic E-state index is 0.0101. The summed E-state index contributed by atoms with van der Waals surface area (Å²) in [6.45, 7) is 6.11. The number of hydrogen-bond donors (Lipinski definition) is 1. The standard InChI is InChI=1S/C23H28N2O3S/c1-15(2)14-25-21(19-10-6-12-29-19)20(17-8-3-4-9-18(17)23(25)27)22(26)24-13-16-7-5-11-28-16/h3-4,6,8-10,12,15-16,20-21H,5,7,11,13-14H2,1-2H3,(H,24,26). The predicted octanol–water partition coefficient (Wildman–Crippen LogP) is 3.98. The van der Waals surface area contributed by atoms with Crippen molar-refractivity contribution in [3.8, 4) is 0 Å². The van der Waals surface area contributed by atoms with Crippen LogP contribution in [0.4, 0.5) is 0 Å². The molecular weight excluding hydrogens is 384 g/mol. The van der Waals surface area contributed by atoms with E-state index in [1.54, 1.807) is 11.3 Å². The molecule has 154 valence electrons. The minimum atomic E-state index is -0.428. The van der Waals surface area contributed by atoms with Crippen molar-refractivity contribution in [3.63, 3.8) is 0 Å². The third-order valence-electron chi connectivity index (χ3n) is 5.65. The third kappa shape index (κ3) is 4.09. The number of carbonyl (C=O) groups excluding carboxylic acids is 2. The molecule has 0 saturated carbocycles. The SMILES string of the molecule is CC(C)CN1C(=O)c2ccccc2C(C(=O)NCC2CCCO2)C1c1cccs1. The molecule has 4 rings (SSSR count). The number of amides is 2. The third-order valence-corrected chi connectivity index (χ3v) is 6.59. The number of fused-ring (bicyclic) bond motifs is 1. The Morgan fingerprint density at radius 1 is 1.28 bits per heavy atom. The van der Waals surface area contributed by atoms with Crippen molar-refractivity contribution < 1.29 is 14.3 Å². The first-order valence-electron chi connectivity index (χ1n) is 10.4. The summed E-state index contributed by atoms with van der Waals surface area (Å²) in [6.07, 6.45) is 2.11. The van der Waals surface area contributed by atoms with Crippen molar-refractivity contribution in [2.24, 2.45) is 5.92 Å². The van der Waals surface area contributed by atoms with E-state index in [9.17, 15) is 9.59 Å². The van der Waals surface area contributed by atoms with Gasteiger partial charge in [-0.05, 0) is 41.8 Å². The Balaban J connectivity index is 1.72. The Kier molecular flexibility index (Phi) is 6.01. The minimum Gasteiger partial charge on any atom is -0.376 e. The summed E-state index contributed by atoms with van der Waals surface area (Å²) in [7, 11) is 0. The zero-order chi connectivity index (χ0) is 20.4. The number of nitrogens with one attached hydrogen (secondary N) is 1. The molecule has 1 fully saturated rings. The van der Waals surface area contributed by atoms with Crippen molar-refractivity contribution in [3.05, 3.63) is 57.8 Å². The van der Waals surface area contributed by atoms with Gasteiger partial charge in [0, 0.05) is 30.1 Å². The summed E-state index contributed by atoms with van der Waals surface area (Å²) >= 11 is 1.60. The van der Waals surface area contributed by atoms with Gasteiger partial charge in [0.25, 0.3) is 5.91 Å². The Labute approximate surface area is 176 Å². The van der Waals surface area contributed by atoms with E-state index in [-0.39, 0.29) is 24.0 Å². The molecule has 0 bridgehead atoms. The van der Waals surface area contributed by atoms with Crippen molar-refractivity contribution in [1.29, 1.82) is 0 Å². The van der Waals surface area contributed by atoms with Crippen LogP contribution in [0.2, 0.25) is 0 Å². The van der Waals surface area contributed by atoms with Crippen molar-refractivity contribution in [2.45, 2.75) is 44.8 Å². The van der Waals surface area contributed by atoms with Crippen LogP contribution in [0.25, 0.3) is 0 Å². The van der Waals surface area contributed by atoms with Gasteiger partial charge in [0.15, 0.2) is 0 Å². The number of thiophene rings is 1. The maximum Gasteiger partial charge on any atom is 0.254 e. The monoisotopic (exact) mass is 412 g/mol. The molecule has 0 aliphatic carbocycles. The van der Waals surface area contributed by atoms with Gasteiger partial charge in [-0.15, -0.1) is 11.3 Å². The lowest BCUT2D eigenvalue weighted by atomic mass is 9.81. The van der Waals surface area contributed by atoms with Crippen molar-refractivity contribution in [2.75, 3.05) is 19.7 Å². The second-order valence-corrected chi connectivity index (χ2v) is 9.24. The number of ether oxygens (including phenoxy) is 1. The van der Waals surface area contributed by atoms with Crippen LogP contribution in [0.3, 0.4) is 0 Å². The van der Waals surface area contributed by atoms with E-state index < -0.39 is 5.92 Å². The van der Waals surface area contributed by atoms with Gasteiger partial charge in [0.2, 0.25) is 5.91 Å². The van der Waals surface area contributed by atoms with Crippen LogP contribution in [-0.4, -0.2) is 42.5 Å². The summed E-state index contributed by atoms with van der Waals surface area (Å²) in [4.78, 5) is 29.8. The molecule has 1 saturated heterocycles. The molecule has 3 unspecified atom stereocenters. The molecule has 2 aliphatic heterocycles. The fourth-order valence-corrected chi connectivity index (χ4v) is 5.25. The van der Waals surface area contributed by atoms with Gasteiger partial charge in [-0.3, -0.25) is 9.59 Å². The summed E-state index contributed by atoms with van der Waals surface area (Å²) in [5.41, 5.74) is 1.46. The number of rotatable bonds is 6. The molecule has 0 radical (unpaired) electrons. The predicted molar refractivity (Wildman–Crippen MR) is 114 cm³/mol.